The van der Waals surface area contributed by atoms with Crippen LogP contribution in [0.4, 0.5) is 0 Å². The van der Waals surface area contributed by atoms with Crippen LogP contribution >= 0.6 is 0 Å². The third kappa shape index (κ3) is 4.07. The van der Waals surface area contributed by atoms with Gasteiger partial charge in [0.25, 0.3) is 0 Å². The van der Waals surface area contributed by atoms with E-state index >= 15 is 0 Å². The van der Waals surface area contributed by atoms with E-state index in [1.807, 2.05) is 32.0 Å². The van der Waals surface area contributed by atoms with E-state index in [9.17, 15) is 9.90 Å². The number of aliphatic hydroxyl groups excluding tert-OH is 1. The van der Waals surface area contributed by atoms with Crippen LogP contribution in [-0.4, -0.2) is 23.2 Å². The summed E-state index contributed by atoms with van der Waals surface area (Å²) in [4.78, 5) is 12.8. The number of nitrogens with one attached hydrogen (secondary N) is 1. The number of ether oxygens (including phenoxy) is 1. The van der Waals surface area contributed by atoms with E-state index in [-0.39, 0.29) is 23.3 Å². The average Bonchev–Trinajstić information content (AvgIpc) is 3.08. The van der Waals surface area contributed by atoms with Gasteiger partial charge in [0.2, 0.25) is 5.91 Å². The zero-order valence-corrected chi connectivity index (χ0v) is 20.1. The van der Waals surface area contributed by atoms with E-state index in [0.29, 0.717) is 24.4 Å². The summed E-state index contributed by atoms with van der Waals surface area (Å²) in [7, 11) is 0. The van der Waals surface area contributed by atoms with Crippen molar-refractivity contribution in [2.45, 2.75) is 77.5 Å². The van der Waals surface area contributed by atoms with Gasteiger partial charge in [-0.1, -0.05) is 43.3 Å². The molecule has 0 aliphatic heterocycles. The van der Waals surface area contributed by atoms with E-state index in [0.717, 1.165) is 37.9 Å². The molecule has 2 aromatic carbocycles. The normalized spacial score (nSPS) is 32.6. The van der Waals surface area contributed by atoms with Crippen LogP contribution in [0.15, 0.2) is 48.5 Å². The maximum atomic E-state index is 12.8. The molecule has 1 amide bonds. The molecule has 2 N–H and O–H groups in total. The highest BCUT2D eigenvalue weighted by Gasteiger charge is 2.59. The summed E-state index contributed by atoms with van der Waals surface area (Å²) in [6.07, 6.45) is 4.51. The molecule has 2 aromatic rings. The summed E-state index contributed by atoms with van der Waals surface area (Å²) in [5.74, 6) is 2.15. The molecular formula is C29H37NO3. The lowest BCUT2D eigenvalue weighted by Gasteiger charge is -2.50. The summed E-state index contributed by atoms with van der Waals surface area (Å²) in [5, 5.41) is 14.3. The van der Waals surface area contributed by atoms with Crippen molar-refractivity contribution < 1.29 is 14.6 Å². The summed E-state index contributed by atoms with van der Waals surface area (Å²) in [6, 6.07) is 17.0. The first-order valence-electron chi connectivity index (χ1n) is 12.6. The van der Waals surface area contributed by atoms with Crippen molar-refractivity contribution >= 4 is 5.91 Å². The van der Waals surface area contributed by atoms with E-state index in [4.69, 9.17) is 4.74 Å². The Balaban J connectivity index is 1.32. The summed E-state index contributed by atoms with van der Waals surface area (Å²) >= 11 is 0. The van der Waals surface area contributed by atoms with Crippen LogP contribution in [0, 0.1) is 23.2 Å². The first-order chi connectivity index (χ1) is 15.9. The predicted molar refractivity (Wildman–Crippen MR) is 130 cm³/mol. The molecule has 33 heavy (non-hydrogen) atoms. The van der Waals surface area contributed by atoms with Crippen molar-refractivity contribution in [3.8, 4) is 5.75 Å². The Labute approximate surface area is 197 Å². The number of carbonyl (C=O) groups is 1. The molecule has 3 aliphatic rings. The Bertz CT molecular complexity index is 1000. The molecule has 0 aromatic heterocycles. The lowest BCUT2D eigenvalue weighted by atomic mass is 9.55. The largest absolute Gasteiger partial charge is 0.489 e. The van der Waals surface area contributed by atoms with Crippen LogP contribution in [0.3, 0.4) is 0 Å². The van der Waals surface area contributed by atoms with Gasteiger partial charge >= 0.3 is 0 Å². The summed E-state index contributed by atoms with van der Waals surface area (Å²) < 4.78 is 6.09. The number of fused-ring (bicyclic) bond motifs is 5. The Hall–Kier alpha value is -2.33. The van der Waals surface area contributed by atoms with Crippen LogP contribution in [0.5, 0.6) is 5.75 Å². The lowest BCUT2D eigenvalue weighted by Crippen LogP contribution is -2.46. The predicted octanol–water partition coefficient (Wildman–Crippen LogP) is 5.23. The lowest BCUT2D eigenvalue weighted by molar-refractivity contribution is -0.130. The molecule has 2 saturated carbocycles. The fourth-order valence-electron chi connectivity index (χ4n) is 7.05. The Kier molecular flexibility index (Phi) is 5.98. The van der Waals surface area contributed by atoms with Gasteiger partial charge < -0.3 is 15.2 Å². The minimum Gasteiger partial charge on any atom is -0.489 e. The maximum absolute atomic E-state index is 12.8. The molecular weight excluding hydrogens is 410 g/mol. The first-order valence-corrected chi connectivity index (χ1v) is 12.6. The van der Waals surface area contributed by atoms with Gasteiger partial charge in [0.1, 0.15) is 12.4 Å². The van der Waals surface area contributed by atoms with Gasteiger partial charge in [-0.05, 0) is 97.9 Å². The second-order valence-electron chi connectivity index (χ2n) is 11.0. The van der Waals surface area contributed by atoms with Gasteiger partial charge in [-0.25, -0.2) is 0 Å². The van der Waals surface area contributed by atoms with Crippen LogP contribution < -0.4 is 10.1 Å². The number of aryl methyl sites for hydroxylation is 1. The highest BCUT2D eigenvalue weighted by atomic mass is 16.5. The molecule has 4 nitrogen and oxygen atoms in total. The van der Waals surface area contributed by atoms with Crippen molar-refractivity contribution in [2.24, 2.45) is 23.2 Å². The molecule has 6 atom stereocenters. The standard InChI is InChI=1S/C29H37NO3/c1-18(2)30-28(32)25-16-26-24-11-9-20-15-21(33-17-19-7-5-4-6-8-19)10-12-22(20)23(24)13-14-29(26,3)27(25)31/h4-8,10,12,15,18,23-27,31H,9,11,13-14,16-17H2,1-3H3,(H,30,32)/t23?,24?,25?,26?,27-,29-/m0/s1. The highest BCUT2D eigenvalue weighted by Crippen LogP contribution is 2.62. The average molecular weight is 448 g/mol. The first kappa shape index (κ1) is 22.5. The van der Waals surface area contributed by atoms with Crippen molar-refractivity contribution in [1.82, 2.24) is 5.32 Å². The Morgan fingerprint density at radius 3 is 2.73 bits per heavy atom. The molecule has 3 aliphatic carbocycles. The Morgan fingerprint density at radius 2 is 1.97 bits per heavy atom. The second kappa shape index (κ2) is 8.79. The van der Waals surface area contributed by atoms with Gasteiger partial charge in [0, 0.05) is 6.04 Å². The number of amides is 1. The molecule has 0 saturated heterocycles. The van der Waals surface area contributed by atoms with Crippen molar-refractivity contribution in [3.63, 3.8) is 0 Å². The molecule has 0 radical (unpaired) electrons. The number of carbonyl (C=O) groups excluding carboxylic acids is 1. The van der Waals surface area contributed by atoms with Crippen LogP contribution in [0.1, 0.15) is 69.1 Å². The molecule has 4 unspecified atom stereocenters. The van der Waals surface area contributed by atoms with Gasteiger partial charge in [-0.2, -0.15) is 0 Å². The summed E-state index contributed by atoms with van der Waals surface area (Å²) in [5.41, 5.74) is 3.90. The van der Waals surface area contributed by atoms with Crippen molar-refractivity contribution in [1.29, 1.82) is 0 Å². The van der Waals surface area contributed by atoms with Gasteiger partial charge in [0.15, 0.2) is 0 Å². The van der Waals surface area contributed by atoms with E-state index < -0.39 is 6.10 Å². The topological polar surface area (TPSA) is 58.6 Å². The monoisotopic (exact) mass is 447 g/mol. The number of aliphatic hydroxyl groups is 1. The molecule has 0 spiro atoms. The zero-order chi connectivity index (χ0) is 23.2. The minimum atomic E-state index is -0.544. The minimum absolute atomic E-state index is 0.0288. The SMILES string of the molecule is CC(C)NC(=O)C1CC2C3CCc4cc(OCc5ccccc5)ccc4C3CC[C@]2(C)[C@H]1O. The van der Waals surface area contributed by atoms with Gasteiger partial charge in [0.05, 0.1) is 12.0 Å². The Morgan fingerprint density at radius 1 is 1.18 bits per heavy atom. The molecule has 0 bridgehead atoms. The van der Waals surface area contributed by atoms with Crippen LogP contribution in [0.2, 0.25) is 0 Å². The molecule has 2 fully saturated rings. The van der Waals surface area contributed by atoms with E-state index in [2.05, 4.69) is 42.6 Å². The van der Waals surface area contributed by atoms with E-state index in [1.54, 1.807) is 0 Å². The molecule has 4 heteroatoms. The third-order valence-electron chi connectivity index (χ3n) is 8.72. The number of benzene rings is 2. The number of hydrogen-bond acceptors (Lipinski definition) is 3. The molecule has 5 rings (SSSR count). The zero-order valence-electron chi connectivity index (χ0n) is 20.1. The van der Waals surface area contributed by atoms with Crippen LogP contribution in [0.25, 0.3) is 0 Å². The quantitative estimate of drug-likeness (QED) is 0.660. The van der Waals surface area contributed by atoms with Crippen molar-refractivity contribution in [2.75, 3.05) is 0 Å². The fourth-order valence-corrected chi connectivity index (χ4v) is 7.05. The van der Waals surface area contributed by atoms with E-state index in [1.165, 1.54) is 16.7 Å². The maximum Gasteiger partial charge on any atom is 0.225 e. The fraction of sp³-hybridized carbons (Fsp3) is 0.552. The van der Waals surface area contributed by atoms with Crippen molar-refractivity contribution in [3.05, 3.63) is 65.2 Å². The second-order valence-corrected chi connectivity index (χ2v) is 11.0. The van der Waals surface area contributed by atoms with Gasteiger partial charge in [-0.3, -0.25) is 4.79 Å². The molecule has 176 valence electrons. The number of rotatable bonds is 5. The van der Waals surface area contributed by atoms with Crippen LogP contribution in [-0.2, 0) is 17.8 Å². The number of hydrogen-bond donors (Lipinski definition) is 2. The third-order valence-corrected chi connectivity index (χ3v) is 8.72. The molecule has 0 heterocycles. The van der Waals surface area contributed by atoms with Gasteiger partial charge in [-0.15, -0.1) is 0 Å². The highest BCUT2D eigenvalue weighted by molar-refractivity contribution is 5.80. The summed E-state index contributed by atoms with van der Waals surface area (Å²) in [6.45, 7) is 6.79. The smallest absolute Gasteiger partial charge is 0.225 e.